The summed E-state index contributed by atoms with van der Waals surface area (Å²) >= 11 is 3.35. The van der Waals surface area contributed by atoms with Crippen molar-refractivity contribution in [1.29, 1.82) is 0 Å². The predicted octanol–water partition coefficient (Wildman–Crippen LogP) is 3.28. The Balaban J connectivity index is 2.02. The third-order valence-corrected chi connectivity index (χ3v) is 4.32. The minimum Gasteiger partial charge on any atom is -0.465 e. The predicted molar refractivity (Wildman–Crippen MR) is 99.4 cm³/mol. The molecule has 7 nitrogen and oxygen atoms in total. The summed E-state index contributed by atoms with van der Waals surface area (Å²) in [7, 11) is 1.26. The van der Waals surface area contributed by atoms with Gasteiger partial charge >= 0.3 is 11.9 Å². The second-order valence-corrected chi connectivity index (χ2v) is 6.62. The van der Waals surface area contributed by atoms with Crippen molar-refractivity contribution in [3.8, 4) is 0 Å². The number of halogens is 1. The molecule has 0 atom stereocenters. The van der Waals surface area contributed by atoms with Crippen LogP contribution in [0.5, 0.6) is 0 Å². The number of aryl methyl sites for hydroxylation is 2. The van der Waals surface area contributed by atoms with Gasteiger partial charge in [0.05, 0.1) is 12.7 Å². The summed E-state index contributed by atoms with van der Waals surface area (Å²) in [5, 5.41) is 2.68. The van der Waals surface area contributed by atoms with Gasteiger partial charge in [-0.15, -0.1) is 0 Å². The molecule has 1 aromatic heterocycles. The molecule has 0 saturated heterocycles. The number of ether oxygens (including phenoxy) is 2. The molecular weight excluding hydrogens is 404 g/mol. The largest absolute Gasteiger partial charge is 0.465 e. The quantitative estimate of drug-likeness (QED) is 0.720. The molecule has 1 amide bonds. The average Bonchev–Trinajstić information content (AvgIpc) is 2.89. The van der Waals surface area contributed by atoms with Crippen LogP contribution in [0.3, 0.4) is 0 Å². The number of carbonyl (C=O) groups excluding carboxylic acids is 3. The highest BCUT2D eigenvalue weighted by molar-refractivity contribution is 9.10. The van der Waals surface area contributed by atoms with Gasteiger partial charge in [-0.05, 0) is 50.1 Å². The summed E-state index contributed by atoms with van der Waals surface area (Å²) in [5.41, 5.74) is 2.83. The van der Waals surface area contributed by atoms with Gasteiger partial charge in [-0.25, -0.2) is 9.59 Å². The van der Waals surface area contributed by atoms with Crippen LogP contribution in [0.25, 0.3) is 0 Å². The lowest BCUT2D eigenvalue weighted by Gasteiger charge is -2.09. The maximum atomic E-state index is 12.2. The van der Waals surface area contributed by atoms with Crippen LogP contribution >= 0.6 is 15.9 Å². The molecule has 0 radical (unpaired) electrons. The van der Waals surface area contributed by atoms with E-state index >= 15 is 0 Å². The molecule has 2 rings (SSSR count). The number of hydrogen-bond donors (Lipinski definition) is 2. The van der Waals surface area contributed by atoms with E-state index in [4.69, 9.17) is 9.47 Å². The zero-order chi connectivity index (χ0) is 19.4. The summed E-state index contributed by atoms with van der Waals surface area (Å²) < 4.78 is 10.6. The summed E-state index contributed by atoms with van der Waals surface area (Å²) in [4.78, 5) is 38.8. The minimum absolute atomic E-state index is 0.121. The number of carbonyl (C=O) groups is 3. The van der Waals surface area contributed by atoms with Crippen molar-refractivity contribution in [3.63, 3.8) is 0 Å². The molecule has 26 heavy (non-hydrogen) atoms. The number of aromatic amines is 1. The van der Waals surface area contributed by atoms with Crippen molar-refractivity contribution < 1.29 is 23.9 Å². The molecule has 8 heteroatoms. The topological polar surface area (TPSA) is 97.5 Å². The molecule has 0 saturated carbocycles. The number of rotatable bonds is 5. The first-order valence-electron chi connectivity index (χ1n) is 7.75. The number of methoxy groups -OCH3 is 1. The van der Waals surface area contributed by atoms with Crippen molar-refractivity contribution in [2.75, 3.05) is 19.0 Å². The molecular formula is C18H19BrN2O5. The molecule has 2 N–H and O–H groups in total. The van der Waals surface area contributed by atoms with E-state index in [0.717, 1.165) is 10.0 Å². The van der Waals surface area contributed by atoms with E-state index in [1.165, 1.54) is 7.11 Å². The first kappa shape index (κ1) is 19.7. The maximum Gasteiger partial charge on any atom is 0.355 e. The molecule has 0 aliphatic heterocycles. The molecule has 0 spiro atoms. The lowest BCUT2D eigenvalue weighted by atomic mass is 10.1. The van der Waals surface area contributed by atoms with E-state index in [0.29, 0.717) is 16.9 Å². The highest BCUT2D eigenvalue weighted by Crippen LogP contribution is 2.21. The number of esters is 2. The summed E-state index contributed by atoms with van der Waals surface area (Å²) in [6, 6.07) is 5.41. The van der Waals surface area contributed by atoms with Gasteiger partial charge in [0, 0.05) is 15.9 Å². The van der Waals surface area contributed by atoms with Crippen molar-refractivity contribution in [3.05, 3.63) is 50.8 Å². The van der Waals surface area contributed by atoms with Crippen LogP contribution in [-0.2, 0) is 14.3 Å². The molecule has 2 aromatic rings. The number of H-pyrrole nitrogens is 1. The maximum absolute atomic E-state index is 12.2. The van der Waals surface area contributed by atoms with E-state index in [-0.39, 0.29) is 11.3 Å². The summed E-state index contributed by atoms with van der Waals surface area (Å²) in [5.74, 6) is -1.72. The van der Waals surface area contributed by atoms with E-state index in [1.54, 1.807) is 26.0 Å². The fraction of sp³-hybridized carbons (Fsp3) is 0.278. The summed E-state index contributed by atoms with van der Waals surface area (Å²) in [6.07, 6.45) is 0. The second kappa shape index (κ2) is 8.18. The average molecular weight is 423 g/mol. The molecule has 0 unspecified atom stereocenters. The van der Waals surface area contributed by atoms with Crippen molar-refractivity contribution in [2.45, 2.75) is 20.8 Å². The zero-order valence-corrected chi connectivity index (χ0v) is 16.4. The third-order valence-electron chi connectivity index (χ3n) is 3.83. The fourth-order valence-electron chi connectivity index (χ4n) is 2.52. The minimum atomic E-state index is -0.719. The first-order chi connectivity index (χ1) is 12.2. The highest BCUT2D eigenvalue weighted by atomic mass is 79.9. The van der Waals surface area contributed by atoms with Crippen LogP contribution in [0.15, 0.2) is 22.7 Å². The van der Waals surface area contributed by atoms with Crippen LogP contribution in [0.4, 0.5) is 5.69 Å². The van der Waals surface area contributed by atoms with Gasteiger partial charge in [-0.2, -0.15) is 0 Å². The van der Waals surface area contributed by atoms with Crippen LogP contribution < -0.4 is 5.32 Å². The lowest BCUT2D eigenvalue weighted by Crippen LogP contribution is -2.21. The fourth-order valence-corrected chi connectivity index (χ4v) is 2.99. The smallest absolute Gasteiger partial charge is 0.355 e. The van der Waals surface area contributed by atoms with Gasteiger partial charge in [0.2, 0.25) is 0 Å². The second-order valence-electron chi connectivity index (χ2n) is 5.70. The molecule has 0 fully saturated rings. The van der Waals surface area contributed by atoms with E-state index in [1.807, 2.05) is 13.0 Å². The van der Waals surface area contributed by atoms with Crippen LogP contribution in [0.2, 0.25) is 0 Å². The number of nitrogens with one attached hydrogen (secondary N) is 2. The third kappa shape index (κ3) is 4.32. The Morgan fingerprint density at radius 3 is 2.46 bits per heavy atom. The van der Waals surface area contributed by atoms with Crippen LogP contribution in [0, 0.1) is 20.8 Å². The van der Waals surface area contributed by atoms with Crippen molar-refractivity contribution in [1.82, 2.24) is 4.98 Å². The van der Waals surface area contributed by atoms with Crippen molar-refractivity contribution >= 4 is 39.5 Å². The molecule has 0 aliphatic carbocycles. The number of amides is 1. The number of aromatic nitrogens is 1. The van der Waals surface area contributed by atoms with Gasteiger partial charge in [0.1, 0.15) is 5.69 Å². The normalized spacial score (nSPS) is 10.3. The van der Waals surface area contributed by atoms with Gasteiger partial charge in [0.15, 0.2) is 6.61 Å². The molecule has 0 bridgehead atoms. The molecule has 1 heterocycles. The Hall–Kier alpha value is -2.61. The van der Waals surface area contributed by atoms with Gasteiger partial charge < -0.3 is 19.8 Å². The Morgan fingerprint density at radius 1 is 1.15 bits per heavy atom. The van der Waals surface area contributed by atoms with Crippen LogP contribution in [-0.4, -0.2) is 36.5 Å². The SMILES string of the molecule is COC(=O)c1c(C)[nH]c(C(=O)OCC(=O)Nc2ccc(Br)cc2C)c1C. The standard InChI is InChI=1S/C18H19BrN2O5/c1-9-7-12(19)5-6-13(9)21-14(22)8-26-18(24)16-10(2)15(11(3)20-16)17(23)25-4/h5-7,20H,8H2,1-4H3,(H,21,22). The Morgan fingerprint density at radius 2 is 1.85 bits per heavy atom. The monoisotopic (exact) mass is 422 g/mol. The first-order valence-corrected chi connectivity index (χ1v) is 8.54. The highest BCUT2D eigenvalue weighted by Gasteiger charge is 2.23. The molecule has 138 valence electrons. The Labute approximate surface area is 159 Å². The van der Waals surface area contributed by atoms with Gasteiger partial charge in [-0.3, -0.25) is 4.79 Å². The van der Waals surface area contributed by atoms with Gasteiger partial charge in [0.25, 0.3) is 5.91 Å². The lowest BCUT2D eigenvalue weighted by molar-refractivity contribution is -0.119. The Bertz CT molecular complexity index is 873. The van der Waals surface area contributed by atoms with Gasteiger partial charge in [-0.1, -0.05) is 15.9 Å². The zero-order valence-electron chi connectivity index (χ0n) is 14.9. The Kier molecular flexibility index (Phi) is 6.20. The number of benzene rings is 1. The van der Waals surface area contributed by atoms with E-state index < -0.39 is 24.5 Å². The number of hydrogen-bond acceptors (Lipinski definition) is 5. The van der Waals surface area contributed by atoms with Crippen LogP contribution in [0.1, 0.15) is 37.7 Å². The summed E-state index contributed by atoms with van der Waals surface area (Å²) in [6.45, 7) is 4.67. The van der Waals surface area contributed by atoms with Crippen molar-refractivity contribution in [2.24, 2.45) is 0 Å². The molecule has 1 aromatic carbocycles. The molecule has 0 aliphatic rings. The van der Waals surface area contributed by atoms with E-state index in [2.05, 4.69) is 26.2 Å². The number of anilines is 1. The van der Waals surface area contributed by atoms with E-state index in [9.17, 15) is 14.4 Å².